The number of ether oxygens (including phenoxy) is 3. The van der Waals surface area contributed by atoms with Gasteiger partial charge in [0.05, 0.1) is 32.0 Å². The third-order valence-corrected chi connectivity index (χ3v) is 3.86. The van der Waals surface area contributed by atoms with Crippen LogP contribution >= 0.6 is 11.6 Å². The molecule has 0 atom stereocenters. The second kappa shape index (κ2) is 8.45. The molecule has 0 radical (unpaired) electrons. The number of carbonyl (C=O) groups is 1. The maximum Gasteiger partial charge on any atom is 0.224 e. The molecule has 24 heavy (non-hydrogen) atoms. The number of methoxy groups -OCH3 is 3. The topological polar surface area (TPSA) is 56.8 Å². The molecule has 0 heterocycles. The summed E-state index contributed by atoms with van der Waals surface area (Å²) < 4.78 is 15.7. The van der Waals surface area contributed by atoms with Gasteiger partial charge < -0.3 is 19.5 Å². The number of hydrogen-bond acceptors (Lipinski definition) is 4. The number of amides is 1. The number of aryl methyl sites for hydroxylation is 1. The van der Waals surface area contributed by atoms with Crippen LogP contribution in [0.5, 0.6) is 17.2 Å². The zero-order chi connectivity index (χ0) is 17.5. The summed E-state index contributed by atoms with van der Waals surface area (Å²) in [5.74, 6) is 1.59. The van der Waals surface area contributed by atoms with Crippen LogP contribution in [0.2, 0.25) is 5.02 Å². The summed E-state index contributed by atoms with van der Waals surface area (Å²) in [6.45, 7) is 0. The van der Waals surface area contributed by atoms with Crippen LogP contribution in [0.25, 0.3) is 0 Å². The first-order chi connectivity index (χ1) is 11.6. The van der Waals surface area contributed by atoms with Crippen LogP contribution in [0.15, 0.2) is 36.4 Å². The molecule has 1 amide bonds. The van der Waals surface area contributed by atoms with Crippen LogP contribution in [-0.2, 0) is 11.2 Å². The predicted molar refractivity (Wildman–Crippen MR) is 94.5 cm³/mol. The molecule has 0 aliphatic rings. The maximum atomic E-state index is 12.3. The van der Waals surface area contributed by atoms with Crippen LogP contribution in [0.3, 0.4) is 0 Å². The first kappa shape index (κ1) is 17.9. The number of rotatable bonds is 7. The summed E-state index contributed by atoms with van der Waals surface area (Å²) in [4.78, 5) is 12.3. The molecule has 6 heteroatoms. The average Bonchev–Trinajstić information content (AvgIpc) is 2.61. The number of halogens is 1. The van der Waals surface area contributed by atoms with Gasteiger partial charge >= 0.3 is 0 Å². The molecule has 0 saturated carbocycles. The average molecular weight is 350 g/mol. The summed E-state index contributed by atoms with van der Waals surface area (Å²) in [5.41, 5.74) is 1.50. The van der Waals surface area contributed by atoms with Crippen molar-refractivity contribution in [2.45, 2.75) is 12.8 Å². The fourth-order valence-electron chi connectivity index (χ4n) is 2.33. The minimum absolute atomic E-state index is 0.136. The van der Waals surface area contributed by atoms with Crippen LogP contribution in [0.1, 0.15) is 12.0 Å². The fourth-order valence-corrected chi connectivity index (χ4v) is 2.56. The van der Waals surface area contributed by atoms with Gasteiger partial charge in [-0.15, -0.1) is 0 Å². The molecule has 5 nitrogen and oxygen atoms in total. The Bertz CT molecular complexity index is 718. The second-order valence-corrected chi connectivity index (χ2v) is 5.45. The number of carbonyl (C=O) groups excluding carboxylic acids is 1. The Morgan fingerprint density at radius 1 is 1.00 bits per heavy atom. The minimum Gasteiger partial charge on any atom is -0.496 e. The summed E-state index contributed by atoms with van der Waals surface area (Å²) >= 11 is 6.06. The Labute approximate surface area is 146 Å². The van der Waals surface area contributed by atoms with Crippen LogP contribution in [0, 0.1) is 0 Å². The van der Waals surface area contributed by atoms with Crippen molar-refractivity contribution in [1.29, 1.82) is 0 Å². The van der Waals surface area contributed by atoms with Crippen molar-refractivity contribution in [2.24, 2.45) is 0 Å². The number of nitrogens with one attached hydrogen (secondary N) is 1. The molecule has 0 fully saturated rings. The highest BCUT2D eigenvalue weighted by Crippen LogP contribution is 2.36. The lowest BCUT2D eigenvalue weighted by molar-refractivity contribution is -0.116. The third-order valence-electron chi connectivity index (χ3n) is 3.56. The molecule has 0 aliphatic carbocycles. The van der Waals surface area contributed by atoms with Crippen molar-refractivity contribution >= 4 is 23.2 Å². The Balaban J connectivity index is 2.07. The standard InChI is InChI=1S/C18H20ClNO4/c1-22-15-7-5-4-6-12(15)8-9-18(21)20-14-11-16(23-2)13(19)10-17(14)24-3/h4-7,10-11H,8-9H2,1-3H3,(H,20,21). The summed E-state index contributed by atoms with van der Waals surface area (Å²) in [7, 11) is 4.65. The van der Waals surface area contributed by atoms with Crippen LogP contribution < -0.4 is 19.5 Å². The molecule has 2 aromatic carbocycles. The van der Waals surface area contributed by atoms with Gasteiger partial charge in [0.25, 0.3) is 0 Å². The van der Waals surface area contributed by atoms with E-state index in [0.717, 1.165) is 11.3 Å². The lowest BCUT2D eigenvalue weighted by atomic mass is 10.1. The molecular weight excluding hydrogens is 330 g/mol. The van der Waals surface area contributed by atoms with Gasteiger partial charge in [0.1, 0.15) is 17.2 Å². The van der Waals surface area contributed by atoms with Crippen molar-refractivity contribution in [3.05, 3.63) is 47.0 Å². The summed E-state index contributed by atoms with van der Waals surface area (Å²) in [6.07, 6.45) is 0.886. The van der Waals surface area contributed by atoms with E-state index in [4.69, 9.17) is 25.8 Å². The summed E-state index contributed by atoms with van der Waals surface area (Å²) in [5, 5.41) is 3.25. The van der Waals surface area contributed by atoms with Crippen molar-refractivity contribution in [3.63, 3.8) is 0 Å². The Hall–Kier alpha value is -2.40. The van der Waals surface area contributed by atoms with Gasteiger partial charge in [-0.3, -0.25) is 4.79 Å². The zero-order valence-corrected chi connectivity index (χ0v) is 14.6. The van der Waals surface area contributed by atoms with Crippen molar-refractivity contribution in [2.75, 3.05) is 26.6 Å². The molecule has 0 aromatic heterocycles. The largest absolute Gasteiger partial charge is 0.496 e. The van der Waals surface area contributed by atoms with Gasteiger partial charge in [0.15, 0.2) is 0 Å². The highest BCUT2D eigenvalue weighted by molar-refractivity contribution is 6.32. The molecule has 2 aromatic rings. The molecule has 2 rings (SSSR count). The monoisotopic (exact) mass is 349 g/mol. The third kappa shape index (κ3) is 4.32. The number of para-hydroxylation sites is 1. The maximum absolute atomic E-state index is 12.3. The lowest BCUT2D eigenvalue weighted by Gasteiger charge is -2.13. The van der Waals surface area contributed by atoms with Crippen molar-refractivity contribution < 1.29 is 19.0 Å². The first-order valence-corrected chi connectivity index (χ1v) is 7.80. The first-order valence-electron chi connectivity index (χ1n) is 7.42. The number of hydrogen-bond donors (Lipinski definition) is 1. The van der Waals surface area contributed by atoms with Crippen LogP contribution in [0.4, 0.5) is 5.69 Å². The lowest BCUT2D eigenvalue weighted by Crippen LogP contribution is -2.13. The van der Waals surface area contributed by atoms with E-state index in [1.54, 1.807) is 19.2 Å². The van der Waals surface area contributed by atoms with E-state index in [1.165, 1.54) is 14.2 Å². The van der Waals surface area contributed by atoms with Gasteiger partial charge in [-0.25, -0.2) is 0 Å². The second-order valence-electron chi connectivity index (χ2n) is 5.05. The van der Waals surface area contributed by atoms with Gasteiger partial charge in [-0.2, -0.15) is 0 Å². The van der Waals surface area contributed by atoms with Gasteiger partial charge in [0, 0.05) is 18.6 Å². The smallest absolute Gasteiger partial charge is 0.224 e. The Kier molecular flexibility index (Phi) is 6.32. The fraction of sp³-hybridized carbons (Fsp3) is 0.278. The molecular formula is C18H20ClNO4. The van der Waals surface area contributed by atoms with Gasteiger partial charge in [-0.05, 0) is 18.1 Å². The van der Waals surface area contributed by atoms with Crippen molar-refractivity contribution in [3.8, 4) is 17.2 Å². The van der Waals surface area contributed by atoms with E-state index in [9.17, 15) is 4.79 Å². The predicted octanol–water partition coefficient (Wildman–Crippen LogP) is 3.94. The summed E-state index contributed by atoms with van der Waals surface area (Å²) in [6, 6.07) is 10.9. The molecule has 1 N–H and O–H groups in total. The zero-order valence-electron chi connectivity index (χ0n) is 13.9. The molecule has 128 valence electrons. The van der Waals surface area contributed by atoms with E-state index in [2.05, 4.69) is 5.32 Å². The van der Waals surface area contributed by atoms with E-state index >= 15 is 0 Å². The van der Waals surface area contributed by atoms with E-state index in [1.807, 2.05) is 24.3 Å². The van der Waals surface area contributed by atoms with E-state index < -0.39 is 0 Å². The van der Waals surface area contributed by atoms with Crippen molar-refractivity contribution in [1.82, 2.24) is 0 Å². The SMILES string of the molecule is COc1cc(NC(=O)CCc2ccccc2OC)c(OC)cc1Cl. The van der Waals surface area contributed by atoms with E-state index in [0.29, 0.717) is 35.1 Å². The highest BCUT2D eigenvalue weighted by Gasteiger charge is 2.13. The van der Waals surface area contributed by atoms with Crippen LogP contribution in [-0.4, -0.2) is 27.2 Å². The van der Waals surface area contributed by atoms with Gasteiger partial charge in [-0.1, -0.05) is 29.8 Å². The minimum atomic E-state index is -0.136. The highest BCUT2D eigenvalue weighted by atomic mass is 35.5. The molecule has 0 spiro atoms. The quantitative estimate of drug-likeness (QED) is 0.822. The Morgan fingerprint density at radius 3 is 2.33 bits per heavy atom. The molecule has 0 saturated heterocycles. The Morgan fingerprint density at radius 2 is 1.67 bits per heavy atom. The molecule has 0 unspecified atom stereocenters. The molecule has 0 aliphatic heterocycles. The number of anilines is 1. The van der Waals surface area contributed by atoms with Gasteiger partial charge in [0.2, 0.25) is 5.91 Å². The molecule has 0 bridgehead atoms. The normalized spacial score (nSPS) is 10.2. The van der Waals surface area contributed by atoms with E-state index in [-0.39, 0.29) is 5.91 Å². The number of benzene rings is 2.